The van der Waals surface area contributed by atoms with Crippen LogP contribution in [0.3, 0.4) is 0 Å². The molecule has 2 unspecified atom stereocenters. The molecule has 0 saturated carbocycles. The van der Waals surface area contributed by atoms with Crippen molar-refractivity contribution < 1.29 is 4.74 Å². The van der Waals surface area contributed by atoms with Crippen LogP contribution in [0.5, 0.6) is 0 Å². The fourth-order valence-corrected chi connectivity index (χ4v) is 3.47. The molecule has 4 nitrogen and oxygen atoms in total. The zero-order valence-corrected chi connectivity index (χ0v) is 13.4. The van der Waals surface area contributed by atoms with Crippen LogP contribution in [0.15, 0.2) is 4.47 Å². The van der Waals surface area contributed by atoms with E-state index in [2.05, 4.69) is 39.6 Å². The third-order valence-electron chi connectivity index (χ3n) is 3.81. The summed E-state index contributed by atoms with van der Waals surface area (Å²) in [6, 6.07) is 0.190. The highest BCUT2D eigenvalue weighted by molar-refractivity contribution is 9.10. The lowest BCUT2D eigenvalue weighted by Crippen LogP contribution is -2.27. The molecule has 19 heavy (non-hydrogen) atoms. The van der Waals surface area contributed by atoms with E-state index in [1.54, 1.807) is 0 Å². The first-order chi connectivity index (χ1) is 9.15. The highest BCUT2D eigenvalue weighted by atomic mass is 79.9. The van der Waals surface area contributed by atoms with Crippen molar-refractivity contribution in [2.75, 3.05) is 13.2 Å². The summed E-state index contributed by atoms with van der Waals surface area (Å²) in [5.41, 5.74) is 8.69. The van der Waals surface area contributed by atoms with Gasteiger partial charge in [0.15, 0.2) is 0 Å². The number of hydrogen-bond donors (Lipinski definition) is 1. The first-order valence-electron chi connectivity index (χ1n) is 7.23. The first kappa shape index (κ1) is 15.0. The van der Waals surface area contributed by atoms with Gasteiger partial charge in [-0.2, -0.15) is 5.10 Å². The summed E-state index contributed by atoms with van der Waals surface area (Å²) in [5.74, 6) is 0.636. The average Bonchev–Trinajstić information content (AvgIpc) is 2.99. The van der Waals surface area contributed by atoms with E-state index in [9.17, 15) is 0 Å². The third-order valence-corrected chi connectivity index (χ3v) is 4.73. The Morgan fingerprint density at radius 2 is 2.32 bits per heavy atom. The van der Waals surface area contributed by atoms with E-state index in [0.717, 1.165) is 55.6 Å². The highest BCUT2D eigenvalue weighted by Crippen LogP contribution is 2.25. The molecule has 108 valence electrons. The van der Waals surface area contributed by atoms with Crippen molar-refractivity contribution in [2.24, 2.45) is 11.7 Å². The number of hydrogen-bond acceptors (Lipinski definition) is 3. The van der Waals surface area contributed by atoms with Crippen LogP contribution in [0.2, 0.25) is 0 Å². The minimum Gasteiger partial charge on any atom is -0.381 e. The summed E-state index contributed by atoms with van der Waals surface area (Å²) in [5, 5.41) is 4.62. The lowest BCUT2D eigenvalue weighted by atomic mass is 9.97. The quantitative estimate of drug-likeness (QED) is 0.872. The van der Waals surface area contributed by atoms with Crippen molar-refractivity contribution in [1.82, 2.24) is 9.78 Å². The molecule has 0 aliphatic carbocycles. The zero-order chi connectivity index (χ0) is 13.8. The number of aromatic nitrogens is 2. The SMILES string of the molecule is CCc1nn(CC)c(CC(N)CC2CCOC2)c1Br. The molecule has 5 heteroatoms. The van der Waals surface area contributed by atoms with Crippen molar-refractivity contribution >= 4 is 15.9 Å². The van der Waals surface area contributed by atoms with Crippen molar-refractivity contribution in [3.05, 3.63) is 15.9 Å². The summed E-state index contributed by atoms with van der Waals surface area (Å²) in [4.78, 5) is 0. The van der Waals surface area contributed by atoms with Crippen LogP contribution < -0.4 is 5.73 Å². The molecule has 0 spiro atoms. The van der Waals surface area contributed by atoms with E-state index in [1.165, 1.54) is 5.69 Å². The molecular weight excluding hydrogens is 306 g/mol. The van der Waals surface area contributed by atoms with E-state index in [1.807, 2.05) is 0 Å². The summed E-state index contributed by atoms with van der Waals surface area (Å²) < 4.78 is 8.64. The average molecular weight is 330 g/mol. The molecule has 1 saturated heterocycles. The van der Waals surface area contributed by atoms with Gasteiger partial charge in [0, 0.05) is 32.2 Å². The Morgan fingerprint density at radius 3 is 2.89 bits per heavy atom. The maximum Gasteiger partial charge on any atom is 0.0766 e. The molecule has 1 fully saturated rings. The van der Waals surface area contributed by atoms with Crippen LogP contribution in [-0.2, 0) is 24.1 Å². The Balaban J connectivity index is 2.02. The predicted molar refractivity (Wildman–Crippen MR) is 80.2 cm³/mol. The minimum atomic E-state index is 0.190. The van der Waals surface area contributed by atoms with Crippen molar-refractivity contribution in [3.8, 4) is 0 Å². The van der Waals surface area contributed by atoms with E-state index in [4.69, 9.17) is 10.5 Å². The Labute approximate surface area is 123 Å². The van der Waals surface area contributed by atoms with Crippen molar-refractivity contribution in [2.45, 2.75) is 52.1 Å². The van der Waals surface area contributed by atoms with Crippen LogP contribution in [-0.4, -0.2) is 29.0 Å². The van der Waals surface area contributed by atoms with Gasteiger partial charge < -0.3 is 10.5 Å². The van der Waals surface area contributed by atoms with Gasteiger partial charge in [0.1, 0.15) is 0 Å². The molecule has 2 heterocycles. The van der Waals surface area contributed by atoms with E-state index >= 15 is 0 Å². The number of nitrogens with zero attached hydrogens (tertiary/aromatic N) is 2. The van der Waals surface area contributed by atoms with Gasteiger partial charge in [0.2, 0.25) is 0 Å². The van der Waals surface area contributed by atoms with Crippen LogP contribution in [0.25, 0.3) is 0 Å². The maximum atomic E-state index is 6.31. The first-order valence-corrected chi connectivity index (χ1v) is 8.02. The third kappa shape index (κ3) is 3.58. The van der Waals surface area contributed by atoms with Gasteiger partial charge in [0.05, 0.1) is 15.9 Å². The van der Waals surface area contributed by atoms with Gasteiger partial charge in [0.25, 0.3) is 0 Å². The molecule has 2 rings (SSSR count). The van der Waals surface area contributed by atoms with E-state index in [0.29, 0.717) is 5.92 Å². The molecule has 1 aromatic heterocycles. The summed E-state index contributed by atoms with van der Waals surface area (Å²) in [6.45, 7) is 6.93. The largest absolute Gasteiger partial charge is 0.381 e. The molecule has 2 N–H and O–H groups in total. The Kier molecular flexibility index (Phi) is 5.42. The van der Waals surface area contributed by atoms with Crippen LogP contribution in [0.4, 0.5) is 0 Å². The normalized spacial score (nSPS) is 20.9. The molecule has 0 amide bonds. The van der Waals surface area contributed by atoms with Gasteiger partial charge in [-0.15, -0.1) is 0 Å². The number of aryl methyl sites for hydroxylation is 2. The molecular formula is C14H24BrN3O. The maximum absolute atomic E-state index is 6.31. The highest BCUT2D eigenvalue weighted by Gasteiger charge is 2.21. The van der Waals surface area contributed by atoms with Gasteiger partial charge in [-0.25, -0.2) is 0 Å². The van der Waals surface area contributed by atoms with E-state index < -0.39 is 0 Å². The second kappa shape index (κ2) is 6.86. The van der Waals surface area contributed by atoms with Gasteiger partial charge >= 0.3 is 0 Å². The van der Waals surface area contributed by atoms with Crippen LogP contribution >= 0.6 is 15.9 Å². The van der Waals surface area contributed by atoms with E-state index in [-0.39, 0.29) is 6.04 Å². The summed E-state index contributed by atoms with van der Waals surface area (Å²) >= 11 is 3.68. The number of nitrogens with two attached hydrogens (primary N) is 1. The molecule has 1 aromatic rings. The molecule has 0 radical (unpaired) electrons. The fourth-order valence-electron chi connectivity index (χ4n) is 2.74. The minimum absolute atomic E-state index is 0.190. The topological polar surface area (TPSA) is 53.1 Å². The van der Waals surface area contributed by atoms with Gasteiger partial charge in [-0.05, 0) is 48.0 Å². The Morgan fingerprint density at radius 1 is 1.53 bits per heavy atom. The lowest BCUT2D eigenvalue weighted by Gasteiger charge is -2.16. The van der Waals surface area contributed by atoms with Gasteiger partial charge in [-0.1, -0.05) is 6.92 Å². The van der Waals surface area contributed by atoms with Crippen molar-refractivity contribution in [1.29, 1.82) is 0 Å². The second-order valence-corrected chi connectivity index (χ2v) is 6.10. The summed E-state index contributed by atoms with van der Waals surface area (Å²) in [7, 11) is 0. The molecule has 1 aliphatic heterocycles. The number of rotatable bonds is 6. The standard InChI is InChI=1S/C14H24BrN3O/c1-3-12-14(15)13(18(4-2)17-12)8-11(16)7-10-5-6-19-9-10/h10-11H,3-9,16H2,1-2H3. The second-order valence-electron chi connectivity index (χ2n) is 5.31. The summed E-state index contributed by atoms with van der Waals surface area (Å²) in [6.07, 6.45) is 4.04. The molecule has 0 aromatic carbocycles. The zero-order valence-electron chi connectivity index (χ0n) is 11.9. The Bertz CT molecular complexity index is 413. The van der Waals surface area contributed by atoms with Gasteiger partial charge in [-0.3, -0.25) is 4.68 Å². The van der Waals surface area contributed by atoms with Crippen molar-refractivity contribution in [3.63, 3.8) is 0 Å². The lowest BCUT2D eigenvalue weighted by molar-refractivity contribution is 0.182. The number of ether oxygens (including phenoxy) is 1. The van der Waals surface area contributed by atoms with Crippen LogP contribution in [0, 0.1) is 5.92 Å². The molecule has 2 atom stereocenters. The predicted octanol–water partition coefficient (Wildman–Crippen LogP) is 2.52. The fraction of sp³-hybridized carbons (Fsp3) is 0.786. The molecule has 0 bridgehead atoms. The molecule has 1 aliphatic rings. The monoisotopic (exact) mass is 329 g/mol. The smallest absolute Gasteiger partial charge is 0.0766 e. The van der Waals surface area contributed by atoms with Crippen LogP contribution in [0.1, 0.15) is 38.1 Å². The number of halogens is 1. The Hall–Kier alpha value is -0.390.